The van der Waals surface area contributed by atoms with E-state index < -0.39 is 0 Å². The summed E-state index contributed by atoms with van der Waals surface area (Å²) in [6.07, 6.45) is 0.754. The SMILES string of the molecule is Cc1ccc(CN2CCNC(Cc3ccccc3)C2=O)cc1. The molecule has 3 heteroatoms. The zero-order valence-electron chi connectivity index (χ0n) is 13.0. The largest absolute Gasteiger partial charge is 0.336 e. The van der Waals surface area contributed by atoms with Gasteiger partial charge >= 0.3 is 0 Å². The third-order valence-electron chi connectivity index (χ3n) is 4.16. The summed E-state index contributed by atoms with van der Waals surface area (Å²) in [5.74, 6) is 0.204. The van der Waals surface area contributed by atoms with Crippen molar-refractivity contribution in [1.82, 2.24) is 10.2 Å². The molecule has 22 heavy (non-hydrogen) atoms. The Kier molecular flexibility index (Phi) is 4.54. The Morgan fingerprint density at radius 1 is 1.05 bits per heavy atom. The number of carbonyl (C=O) groups is 1. The average Bonchev–Trinajstić information content (AvgIpc) is 2.54. The van der Waals surface area contributed by atoms with E-state index in [1.54, 1.807) is 0 Å². The normalized spacial score (nSPS) is 18.5. The smallest absolute Gasteiger partial charge is 0.240 e. The maximum Gasteiger partial charge on any atom is 0.240 e. The van der Waals surface area contributed by atoms with Gasteiger partial charge in [0.1, 0.15) is 0 Å². The molecule has 0 aliphatic carbocycles. The summed E-state index contributed by atoms with van der Waals surface area (Å²) in [6, 6.07) is 18.5. The Bertz CT molecular complexity index is 622. The summed E-state index contributed by atoms with van der Waals surface area (Å²) in [6.45, 7) is 4.41. The van der Waals surface area contributed by atoms with E-state index in [0.29, 0.717) is 6.54 Å². The third-order valence-corrected chi connectivity index (χ3v) is 4.16. The Hall–Kier alpha value is -2.13. The highest BCUT2D eigenvalue weighted by atomic mass is 16.2. The van der Waals surface area contributed by atoms with Gasteiger partial charge in [-0.3, -0.25) is 4.79 Å². The van der Waals surface area contributed by atoms with Crippen molar-refractivity contribution in [2.45, 2.75) is 25.9 Å². The number of nitrogens with one attached hydrogen (secondary N) is 1. The first-order valence-corrected chi connectivity index (χ1v) is 7.84. The van der Waals surface area contributed by atoms with Gasteiger partial charge in [0.25, 0.3) is 0 Å². The molecule has 3 nitrogen and oxygen atoms in total. The molecular formula is C19H22N2O. The molecule has 1 fully saturated rings. The van der Waals surface area contributed by atoms with Gasteiger partial charge in [0.15, 0.2) is 0 Å². The topological polar surface area (TPSA) is 32.3 Å². The lowest BCUT2D eigenvalue weighted by Crippen LogP contribution is -2.55. The molecule has 0 radical (unpaired) electrons. The molecule has 1 saturated heterocycles. The molecule has 2 aromatic carbocycles. The fourth-order valence-corrected chi connectivity index (χ4v) is 2.87. The van der Waals surface area contributed by atoms with Gasteiger partial charge in [-0.1, -0.05) is 60.2 Å². The van der Waals surface area contributed by atoms with Crippen molar-refractivity contribution in [1.29, 1.82) is 0 Å². The first-order chi connectivity index (χ1) is 10.7. The van der Waals surface area contributed by atoms with Crippen molar-refractivity contribution in [2.24, 2.45) is 0 Å². The highest BCUT2D eigenvalue weighted by Crippen LogP contribution is 2.13. The van der Waals surface area contributed by atoms with E-state index >= 15 is 0 Å². The van der Waals surface area contributed by atoms with Gasteiger partial charge in [0, 0.05) is 19.6 Å². The summed E-state index contributed by atoms with van der Waals surface area (Å²) < 4.78 is 0. The average molecular weight is 294 g/mol. The maximum atomic E-state index is 12.7. The van der Waals surface area contributed by atoms with Crippen LogP contribution in [0, 0.1) is 6.92 Å². The molecule has 0 aromatic heterocycles. The van der Waals surface area contributed by atoms with Crippen LogP contribution in [0.4, 0.5) is 0 Å². The van der Waals surface area contributed by atoms with Crippen LogP contribution in [0.15, 0.2) is 54.6 Å². The van der Waals surface area contributed by atoms with E-state index in [1.807, 2.05) is 23.1 Å². The van der Waals surface area contributed by atoms with E-state index in [9.17, 15) is 4.79 Å². The van der Waals surface area contributed by atoms with Crippen LogP contribution in [0.1, 0.15) is 16.7 Å². The number of amides is 1. The van der Waals surface area contributed by atoms with Crippen molar-refractivity contribution in [3.63, 3.8) is 0 Å². The van der Waals surface area contributed by atoms with Gasteiger partial charge in [-0.25, -0.2) is 0 Å². The molecule has 0 saturated carbocycles. The fourth-order valence-electron chi connectivity index (χ4n) is 2.87. The van der Waals surface area contributed by atoms with Crippen molar-refractivity contribution >= 4 is 5.91 Å². The van der Waals surface area contributed by atoms with Gasteiger partial charge in [-0.2, -0.15) is 0 Å². The molecule has 1 heterocycles. The predicted octanol–water partition coefficient (Wildman–Crippen LogP) is 2.54. The molecule has 1 amide bonds. The molecular weight excluding hydrogens is 272 g/mol. The minimum Gasteiger partial charge on any atom is -0.336 e. The summed E-state index contributed by atoms with van der Waals surface area (Å²) >= 11 is 0. The maximum absolute atomic E-state index is 12.7. The lowest BCUT2D eigenvalue weighted by Gasteiger charge is -2.33. The zero-order chi connectivity index (χ0) is 15.4. The molecule has 1 aliphatic heterocycles. The number of hydrogen-bond donors (Lipinski definition) is 1. The molecule has 1 N–H and O–H groups in total. The van der Waals surface area contributed by atoms with Crippen LogP contribution in [-0.2, 0) is 17.8 Å². The Morgan fingerprint density at radius 2 is 1.77 bits per heavy atom. The second-order valence-electron chi connectivity index (χ2n) is 5.94. The molecule has 1 aliphatic rings. The number of hydrogen-bond acceptors (Lipinski definition) is 2. The van der Waals surface area contributed by atoms with E-state index in [4.69, 9.17) is 0 Å². The van der Waals surface area contributed by atoms with Crippen molar-refractivity contribution in [3.05, 3.63) is 71.3 Å². The van der Waals surface area contributed by atoms with Gasteiger partial charge in [-0.05, 0) is 24.5 Å². The lowest BCUT2D eigenvalue weighted by molar-refractivity contribution is -0.136. The van der Waals surface area contributed by atoms with Crippen LogP contribution in [0.5, 0.6) is 0 Å². The molecule has 0 spiro atoms. The van der Waals surface area contributed by atoms with E-state index in [0.717, 1.165) is 19.5 Å². The highest BCUT2D eigenvalue weighted by Gasteiger charge is 2.28. The van der Waals surface area contributed by atoms with Crippen molar-refractivity contribution in [2.75, 3.05) is 13.1 Å². The molecule has 2 aromatic rings. The summed E-state index contributed by atoms with van der Waals surface area (Å²) in [5, 5.41) is 3.35. The second kappa shape index (κ2) is 6.75. The van der Waals surface area contributed by atoms with Gasteiger partial charge in [0.05, 0.1) is 6.04 Å². The molecule has 1 unspecified atom stereocenters. The lowest BCUT2D eigenvalue weighted by atomic mass is 10.0. The van der Waals surface area contributed by atoms with Crippen LogP contribution in [0.25, 0.3) is 0 Å². The van der Waals surface area contributed by atoms with E-state index in [1.165, 1.54) is 16.7 Å². The number of piperazine rings is 1. The predicted molar refractivity (Wildman–Crippen MR) is 88.5 cm³/mol. The van der Waals surface area contributed by atoms with E-state index in [-0.39, 0.29) is 11.9 Å². The Balaban J connectivity index is 1.66. The monoisotopic (exact) mass is 294 g/mol. The van der Waals surface area contributed by atoms with Crippen LogP contribution in [0.3, 0.4) is 0 Å². The third kappa shape index (κ3) is 3.55. The Morgan fingerprint density at radius 3 is 2.50 bits per heavy atom. The van der Waals surface area contributed by atoms with Crippen molar-refractivity contribution in [3.8, 4) is 0 Å². The molecule has 0 bridgehead atoms. The number of benzene rings is 2. The summed E-state index contributed by atoms with van der Waals surface area (Å²) in [7, 11) is 0. The Labute approximate surface area is 132 Å². The van der Waals surface area contributed by atoms with Crippen LogP contribution >= 0.6 is 0 Å². The molecule has 114 valence electrons. The first kappa shape index (κ1) is 14.8. The molecule has 1 atom stereocenters. The minimum atomic E-state index is -0.110. The summed E-state index contributed by atoms with van der Waals surface area (Å²) in [5.41, 5.74) is 3.64. The van der Waals surface area contributed by atoms with Crippen LogP contribution < -0.4 is 5.32 Å². The highest BCUT2D eigenvalue weighted by molar-refractivity contribution is 5.83. The second-order valence-corrected chi connectivity index (χ2v) is 5.94. The number of nitrogens with zero attached hydrogens (tertiary/aromatic N) is 1. The number of rotatable bonds is 4. The summed E-state index contributed by atoms with van der Waals surface area (Å²) in [4.78, 5) is 14.6. The van der Waals surface area contributed by atoms with Crippen LogP contribution in [-0.4, -0.2) is 29.9 Å². The quantitative estimate of drug-likeness (QED) is 0.940. The number of carbonyl (C=O) groups excluding carboxylic acids is 1. The minimum absolute atomic E-state index is 0.110. The number of aryl methyl sites for hydroxylation is 1. The molecule has 3 rings (SSSR count). The van der Waals surface area contributed by atoms with Gasteiger partial charge in [0.2, 0.25) is 5.91 Å². The zero-order valence-corrected chi connectivity index (χ0v) is 13.0. The standard InChI is InChI=1S/C19H22N2O/c1-15-7-9-17(10-8-15)14-21-12-11-20-18(19(21)22)13-16-5-3-2-4-6-16/h2-10,18,20H,11-14H2,1H3. The van der Waals surface area contributed by atoms with Crippen LogP contribution in [0.2, 0.25) is 0 Å². The first-order valence-electron chi connectivity index (χ1n) is 7.84. The van der Waals surface area contributed by atoms with Gasteiger partial charge < -0.3 is 10.2 Å². The fraction of sp³-hybridized carbons (Fsp3) is 0.316. The van der Waals surface area contributed by atoms with Crippen molar-refractivity contribution < 1.29 is 4.79 Å². The van der Waals surface area contributed by atoms with Gasteiger partial charge in [-0.15, -0.1) is 0 Å². The van der Waals surface area contributed by atoms with E-state index in [2.05, 4.69) is 48.6 Å².